The second kappa shape index (κ2) is 9.17. The van der Waals surface area contributed by atoms with Crippen molar-refractivity contribution < 1.29 is 9.50 Å². The van der Waals surface area contributed by atoms with E-state index in [1.165, 1.54) is 44.9 Å². The van der Waals surface area contributed by atoms with E-state index in [1.54, 1.807) is 12.1 Å². The molecule has 1 atom stereocenters. The van der Waals surface area contributed by atoms with Gasteiger partial charge in [-0.15, -0.1) is 0 Å². The molecule has 2 rings (SSSR count). The highest BCUT2D eigenvalue weighted by Gasteiger charge is 2.21. The summed E-state index contributed by atoms with van der Waals surface area (Å²) in [5.41, 5.74) is 0.980. The second-order valence-corrected chi connectivity index (χ2v) is 7.07. The Morgan fingerprint density at radius 3 is 2.23 bits per heavy atom. The zero-order valence-electron chi connectivity index (χ0n) is 13.9. The van der Waals surface area contributed by atoms with E-state index >= 15 is 0 Å². The Balaban J connectivity index is 1.62. The van der Waals surface area contributed by atoms with Gasteiger partial charge in [0.15, 0.2) is 0 Å². The third-order valence-corrected chi connectivity index (χ3v) is 5.21. The lowest BCUT2D eigenvalue weighted by atomic mass is 9.78. The minimum Gasteiger partial charge on any atom is -0.508 e. The topological polar surface area (TPSA) is 20.2 Å². The van der Waals surface area contributed by atoms with Gasteiger partial charge in [0.1, 0.15) is 11.9 Å². The molecule has 1 aliphatic rings. The van der Waals surface area contributed by atoms with Crippen molar-refractivity contribution in [3.8, 4) is 5.75 Å². The van der Waals surface area contributed by atoms with Crippen molar-refractivity contribution in [3.05, 3.63) is 29.8 Å². The summed E-state index contributed by atoms with van der Waals surface area (Å²) in [7, 11) is 0. The summed E-state index contributed by atoms with van der Waals surface area (Å²) in [6, 6.07) is 6.92. The molecule has 1 N–H and O–H groups in total. The van der Waals surface area contributed by atoms with Crippen LogP contribution in [0.5, 0.6) is 5.75 Å². The van der Waals surface area contributed by atoms with Crippen LogP contribution in [0.3, 0.4) is 0 Å². The third-order valence-electron chi connectivity index (χ3n) is 5.21. The van der Waals surface area contributed by atoms with Crippen LogP contribution in [0.1, 0.15) is 70.3 Å². The highest BCUT2D eigenvalue weighted by Crippen LogP contribution is 2.34. The number of benzene rings is 1. The van der Waals surface area contributed by atoms with E-state index in [4.69, 9.17) is 0 Å². The molecule has 0 radical (unpaired) electrons. The van der Waals surface area contributed by atoms with Gasteiger partial charge in [0.25, 0.3) is 0 Å². The molecule has 1 aromatic rings. The van der Waals surface area contributed by atoms with E-state index in [0.29, 0.717) is 12.8 Å². The van der Waals surface area contributed by atoms with Gasteiger partial charge in [0.05, 0.1) is 0 Å². The molecule has 1 fully saturated rings. The molecule has 0 saturated heterocycles. The molecule has 2 heteroatoms. The van der Waals surface area contributed by atoms with Gasteiger partial charge in [0, 0.05) is 6.42 Å². The van der Waals surface area contributed by atoms with Crippen LogP contribution >= 0.6 is 0 Å². The molecule has 1 aromatic carbocycles. The van der Waals surface area contributed by atoms with Gasteiger partial charge in [-0.2, -0.15) is 0 Å². The molecule has 1 aliphatic carbocycles. The number of aromatic hydroxyl groups is 1. The molecular weight excluding hydrogens is 275 g/mol. The maximum atomic E-state index is 14.1. The second-order valence-electron chi connectivity index (χ2n) is 7.07. The summed E-state index contributed by atoms with van der Waals surface area (Å²) in [6.07, 6.45) is 10.9. The first-order valence-electron chi connectivity index (χ1n) is 9.09. The third kappa shape index (κ3) is 5.98. The molecule has 0 spiro atoms. The Hall–Kier alpha value is -1.05. The monoisotopic (exact) mass is 306 g/mol. The van der Waals surface area contributed by atoms with Gasteiger partial charge in [-0.3, -0.25) is 0 Å². The fourth-order valence-electron chi connectivity index (χ4n) is 3.71. The maximum absolute atomic E-state index is 14.1. The molecule has 22 heavy (non-hydrogen) atoms. The first kappa shape index (κ1) is 17.3. The van der Waals surface area contributed by atoms with Crippen LogP contribution in [0.4, 0.5) is 4.39 Å². The molecular formula is C20H31FO. The van der Waals surface area contributed by atoms with Crippen molar-refractivity contribution in [2.24, 2.45) is 11.8 Å². The molecule has 0 amide bonds. The van der Waals surface area contributed by atoms with Gasteiger partial charge in [-0.25, -0.2) is 4.39 Å². The fraction of sp³-hybridized carbons (Fsp3) is 0.700. The molecule has 0 aromatic heterocycles. The van der Waals surface area contributed by atoms with Crippen LogP contribution in [-0.4, -0.2) is 11.3 Å². The molecule has 0 heterocycles. The number of hydrogen-bond donors (Lipinski definition) is 1. The molecule has 0 bridgehead atoms. The summed E-state index contributed by atoms with van der Waals surface area (Å²) in [5, 5.41) is 9.25. The van der Waals surface area contributed by atoms with Crippen LogP contribution in [0.15, 0.2) is 24.3 Å². The quantitative estimate of drug-likeness (QED) is 0.620. The Morgan fingerprint density at radius 2 is 1.64 bits per heavy atom. The van der Waals surface area contributed by atoms with Crippen molar-refractivity contribution in [2.45, 2.75) is 77.3 Å². The van der Waals surface area contributed by atoms with Crippen LogP contribution in [0.2, 0.25) is 0 Å². The smallest absolute Gasteiger partial charge is 0.115 e. The molecule has 1 unspecified atom stereocenters. The summed E-state index contributed by atoms with van der Waals surface area (Å²) in [4.78, 5) is 0. The standard InChI is InChI=1S/C20H31FO/c1-2-3-4-16-5-7-17(8-6-16)9-12-19(21)15-18-10-13-20(22)14-11-18/h10-11,13-14,16-17,19,22H,2-9,12,15H2,1H3. The summed E-state index contributed by atoms with van der Waals surface area (Å²) in [6.45, 7) is 2.26. The predicted octanol–water partition coefficient (Wildman–Crippen LogP) is 6.05. The first-order chi connectivity index (χ1) is 10.7. The summed E-state index contributed by atoms with van der Waals surface area (Å²) >= 11 is 0. The minimum atomic E-state index is -0.748. The van der Waals surface area contributed by atoms with E-state index < -0.39 is 6.17 Å². The number of phenols is 1. The van der Waals surface area contributed by atoms with Crippen LogP contribution in [0, 0.1) is 11.8 Å². The van der Waals surface area contributed by atoms with E-state index in [9.17, 15) is 9.50 Å². The summed E-state index contributed by atoms with van der Waals surface area (Å²) < 4.78 is 14.1. The first-order valence-corrected chi connectivity index (χ1v) is 9.09. The molecule has 1 nitrogen and oxygen atoms in total. The van der Waals surface area contributed by atoms with E-state index in [0.717, 1.165) is 23.8 Å². The number of alkyl halides is 1. The Kier molecular flexibility index (Phi) is 7.21. The van der Waals surface area contributed by atoms with Gasteiger partial charge < -0.3 is 5.11 Å². The number of hydrogen-bond acceptors (Lipinski definition) is 1. The Bertz CT molecular complexity index is 406. The zero-order valence-corrected chi connectivity index (χ0v) is 13.9. The molecule has 124 valence electrons. The van der Waals surface area contributed by atoms with Crippen molar-refractivity contribution in [2.75, 3.05) is 0 Å². The normalized spacial score (nSPS) is 23.4. The lowest BCUT2D eigenvalue weighted by molar-refractivity contribution is 0.221. The van der Waals surface area contributed by atoms with E-state index in [-0.39, 0.29) is 5.75 Å². The summed E-state index contributed by atoms with van der Waals surface area (Å²) in [5.74, 6) is 1.93. The van der Waals surface area contributed by atoms with Gasteiger partial charge in [-0.1, -0.05) is 64.0 Å². The van der Waals surface area contributed by atoms with Gasteiger partial charge in [-0.05, 0) is 42.4 Å². The Morgan fingerprint density at radius 1 is 1.05 bits per heavy atom. The zero-order chi connectivity index (χ0) is 15.8. The molecule has 1 saturated carbocycles. The number of halogens is 1. The van der Waals surface area contributed by atoms with E-state index in [1.807, 2.05) is 12.1 Å². The average Bonchev–Trinajstić information content (AvgIpc) is 2.54. The fourth-order valence-corrected chi connectivity index (χ4v) is 3.71. The lowest BCUT2D eigenvalue weighted by Crippen LogP contribution is -2.16. The van der Waals surface area contributed by atoms with Crippen LogP contribution < -0.4 is 0 Å². The number of phenolic OH excluding ortho intramolecular Hbond substituents is 1. The van der Waals surface area contributed by atoms with Crippen LogP contribution in [0.25, 0.3) is 0 Å². The largest absolute Gasteiger partial charge is 0.508 e. The van der Waals surface area contributed by atoms with Gasteiger partial charge in [0.2, 0.25) is 0 Å². The van der Waals surface area contributed by atoms with Crippen molar-refractivity contribution >= 4 is 0 Å². The molecule has 0 aliphatic heterocycles. The number of rotatable bonds is 8. The number of unbranched alkanes of at least 4 members (excludes halogenated alkanes) is 1. The average molecular weight is 306 g/mol. The predicted molar refractivity (Wildman–Crippen MR) is 90.9 cm³/mol. The SMILES string of the molecule is CCCCC1CCC(CCC(F)Cc2ccc(O)cc2)CC1. The van der Waals surface area contributed by atoms with Crippen molar-refractivity contribution in [3.63, 3.8) is 0 Å². The minimum absolute atomic E-state index is 0.249. The van der Waals surface area contributed by atoms with E-state index in [2.05, 4.69) is 6.92 Å². The maximum Gasteiger partial charge on any atom is 0.115 e. The van der Waals surface area contributed by atoms with Crippen molar-refractivity contribution in [1.29, 1.82) is 0 Å². The van der Waals surface area contributed by atoms with Crippen molar-refractivity contribution in [1.82, 2.24) is 0 Å². The highest BCUT2D eigenvalue weighted by molar-refractivity contribution is 5.26. The Labute approximate surface area is 134 Å². The van der Waals surface area contributed by atoms with Gasteiger partial charge >= 0.3 is 0 Å². The highest BCUT2D eigenvalue weighted by atomic mass is 19.1. The van der Waals surface area contributed by atoms with Crippen LogP contribution in [-0.2, 0) is 6.42 Å². The lowest BCUT2D eigenvalue weighted by Gasteiger charge is -2.28.